The van der Waals surface area contributed by atoms with Crippen LogP contribution in [-0.2, 0) is 18.0 Å². The van der Waals surface area contributed by atoms with Crippen molar-refractivity contribution in [3.8, 4) is 45.3 Å². The van der Waals surface area contributed by atoms with Gasteiger partial charge in [-0.2, -0.15) is 0 Å². The van der Waals surface area contributed by atoms with Crippen LogP contribution in [0.5, 0.6) is 23.0 Å². The minimum Gasteiger partial charge on any atom is -0.872 e. The molecule has 8 rings (SSSR count). The molecule has 0 heterocycles. The van der Waals surface area contributed by atoms with E-state index in [1.165, 1.54) is 12.1 Å². The van der Waals surface area contributed by atoms with Crippen molar-refractivity contribution in [1.82, 2.24) is 0 Å². The first-order valence-electron chi connectivity index (χ1n) is 15.4. The van der Waals surface area contributed by atoms with Crippen LogP contribution in [0.2, 0.25) is 0 Å². The largest absolute Gasteiger partial charge is 3.00 e. The molecule has 0 radical (unpaired) electrons. The van der Waals surface area contributed by atoms with Gasteiger partial charge in [0.1, 0.15) is 0 Å². The van der Waals surface area contributed by atoms with Crippen molar-refractivity contribution in [3.05, 3.63) is 145 Å². The Morgan fingerprint density at radius 2 is 0.729 bits per heavy atom. The van der Waals surface area contributed by atoms with E-state index in [4.69, 9.17) is 4.74 Å². The van der Waals surface area contributed by atoms with Gasteiger partial charge in [0.25, 0.3) is 0 Å². The molecule has 8 aromatic rings. The molecule has 5 nitrogen and oxygen atoms in total. The summed E-state index contributed by atoms with van der Waals surface area (Å²) in [5.41, 5.74) is 2.21. The van der Waals surface area contributed by atoms with E-state index in [1.807, 2.05) is 97.1 Å². The van der Waals surface area contributed by atoms with E-state index in [2.05, 4.69) is 0 Å². The molecule has 0 amide bonds. The number of fused-ring (bicyclic) bond motifs is 4. The number of benzene rings is 8. The molecule has 8 aromatic carbocycles. The van der Waals surface area contributed by atoms with Crippen molar-refractivity contribution in [2.75, 3.05) is 0 Å². The maximum absolute atomic E-state index is 14.1. The van der Waals surface area contributed by atoms with Gasteiger partial charge in [0, 0.05) is 0 Å². The van der Waals surface area contributed by atoms with Crippen LogP contribution < -0.4 is 20.4 Å². The molecule has 6 heteroatoms. The van der Waals surface area contributed by atoms with Gasteiger partial charge >= 0.3 is 37.0 Å². The van der Waals surface area contributed by atoms with Crippen molar-refractivity contribution < 1.29 is 62.2 Å². The molecule has 48 heavy (non-hydrogen) atoms. The van der Waals surface area contributed by atoms with E-state index < -0.39 is 0 Å². The molecule has 0 N–H and O–H groups in total. The Kier molecular flexibility index (Phi) is 8.59. The molecule has 0 aliphatic heterocycles. The van der Waals surface area contributed by atoms with Gasteiger partial charge in [-0.15, -0.1) is 11.5 Å². The summed E-state index contributed by atoms with van der Waals surface area (Å²) in [7, 11) is 0. The third-order valence-corrected chi connectivity index (χ3v) is 8.95. The predicted molar refractivity (Wildman–Crippen MR) is 181 cm³/mol. The van der Waals surface area contributed by atoms with Gasteiger partial charge in [-0.05, 0) is 88.6 Å². The molecule has 228 valence electrons. The Balaban J connectivity index is 0.00000208. The van der Waals surface area contributed by atoms with E-state index in [9.17, 15) is 20.4 Å². The third kappa shape index (κ3) is 5.37. The molecule has 0 fully saturated rings. The fourth-order valence-electron chi connectivity index (χ4n) is 6.77. The quantitative estimate of drug-likeness (QED) is 0.173. The molecular weight excluding hydrogens is 723 g/mol. The topological polar surface area (TPSA) is 101 Å². The first kappa shape index (κ1) is 31.7. The van der Waals surface area contributed by atoms with Gasteiger partial charge in [0.05, 0.1) is 13.2 Å². The van der Waals surface area contributed by atoms with Crippen molar-refractivity contribution in [1.29, 1.82) is 0 Å². The SMILES string of the molecule is [H+].[La+3].[O-]c1ccc2ccccc2c1-c1c([O-])c(COCc2cc3ccccc3c(-c3c([O-])ccc4ccccc34)c2[O-])cc2ccccc12. The summed E-state index contributed by atoms with van der Waals surface area (Å²) < 4.78 is 6.13. The summed E-state index contributed by atoms with van der Waals surface area (Å²) in [4.78, 5) is 0. The zero-order valence-corrected chi connectivity index (χ0v) is 29.4. The zero-order valence-electron chi connectivity index (χ0n) is 26.7. The number of hydrogen-bond acceptors (Lipinski definition) is 5. The van der Waals surface area contributed by atoms with Gasteiger partial charge < -0.3 is 25.2 Å². The van der Waals surface area contributed by atoms with Crippen LogP contribution in [0.1, 0.15) is 12.6 Å². The molecule has 0 unspecified atom stereocenters. The van der Waals surface area contributed by atoms with Crippen LogP contribution >= 0.6 is 0 Å². The molecule has 0 saturated heterocycles. The Morgan fingerprint density at radius 1 is 0.396 bits per heavy atom. The van der Waals surface area contributed by atoms with E-state index in [1.54, 1.807) is 24.3 Å². The standard InChI is InChI=1S/C42H30O5.La/c43-35-19-17-25-9-1-5-13-31(25)37(35)39-33-15-7-3-11-27(33)21-29(41(39)45)23-47-24-30-22-28-12-4-8-16-34(28)40(42(30)46)38-32-14-6-2-10-26(32)18-20-36(38)44;/h1-22,43-46H,23-24H2;/q;+3/p-3. The second-order valence-corrected chi connectivity index (χ2v) is 11.7. The number of ether oxygens (including phenoxy) is 1. The van der Waals surface area contributed by atoms with Crippen LogP contribution in [0.25, 0.3) is 65.3 Å². The summed E-state index contributed by atoms with van der Waals surface area (Å²) in [6.07, 6.45) is 0. The van der Waals surface area contributed by atoms with Gasteiger partial charge in [-0.1, -0.05) is 133 Å². The number of hydrogen-bond donors (Lipinski definition) is 0. The smallest absolute Gasteiger partial charge is 0.872 e. The predicted octanol–water partition coefficient (Wildman–Crippen LogP) is 7.76. The maximum Gasteiger partial charge on any atom is 3.00 e. The van der Waals surface area contributed by atoms with E-state index >= 15 is 0 Å². The van der Waals surface area contributed by atoms with Gasteiger partial charge in [0.2, 0.25) is 0 Å². The minimum atomic E-state index is -0.287. The minimum absolute atomic E-state index is 0. The molecule has 0 bridgehead atoms. The molecule has 0 aliphatic carbocycles. The van der Waals surface area contributed by atoms with Crippen molar-refractivity contribution in [2.45, 2.75) is 13.2 Å². The summed E-state index contributed by atoms with van der Waals surface area (Å²) in [6.45, 7) is -0.142. The normalized spacial score (nSPS) is 11.3. The van der Waals surface area contributed by atoms with Crippen LogP contribution in [0.15, 0.2) is 133 Å². The van der Waals surface area contributed by atoms with Crippen LogP contribution in [-0.4, -0.2) is 0 Å². The van der Waals surface area contributed by atoms with Gasteiger partial charge in [-0.3, -0.25) is 0 Å². The maximum atomic E-state index is 14.1. The van der Waals surface area contributed by atoms with E-state index in [-0.39, 0.29) is 73.2 Å². The van der Waals surface area contributed by atoms with Crippen LogP contribution in [0.3, 0.4) is 0 Å². The first-order chi connectivity index (χ1) is 23.0. The Labute approximate surface area is 306 Å². The molecule has 0 aromatic heterocycles. The van der Waals surface area contributed by atoms with Crippen LogP contribution in [0.4, 0.5) is 0 Å². The first-order valence-corrected chi connectivity index (χ1v) is 15.4. The van der Waals surface area contributed by atoms with E-state index in [0.29, 0.717) is 54.9 Å². The van der Waals surface area contributed by atoms with Crippen molar-refractivity contribution >= 4 is 43.1 Å². The molecule has 0 saturated carbocycles. The molecule has 0 aliphatic rings. The summed E-state index contributed by atoms with van der Waals surface area (Å²) in [5, 5.41) is 61.1. The second-order valence-electron chi connectivity index (χ2n) is 11.7. The molecule has 0 spiro atoms. The number of rotatable bonds is 6. The Hall–Kier alpha value is -4.85. The Bertz CT molecular complexity index is 2340. The summed E-state index contributed by atoms with van der Waals surface area (Å²) >= 11 is 0. The third-order valence-electron chi connectivity index (χ3n) is 8.95. The van der Waals surface area contributed by atoms with Crippen molar-refractivity contribution in [2.24, 2.45) is 0 Å². The zero-order chi connectivity index (χ0) is 32.1. The summed E-state index contributed by atoms with van der Waals surface area (Å²) in [5.74, 6) is -1.03. The fourth-order valence-corrected chi connectivity index (χ4v) is 6.77. The molecule has 0 atom stereocenters. The fraction of sp³-hybridized carbons (Fsp3) is 0.0476. The average molecular weight is 751 g/mol. The summed E-state index contributed by atoms with van der Waals surface area (Å²) in [6, 6.07) is 40.2. The van der Waals surface area contributed by atoms with Crippen LogP contribution in [0, 0.1) is 35.6 Å². The van der Waals surface area contributed by atoms with E-state index in [0.717, 1.165) is 21.5 Å². The average Bonchev–Trinajstić information content (AvgIpc) is 3.10. The second kappa shape index (κ2) is 13.0. The molecular formula is C42H27LaO5. The Morgan fingerprint density at radius 3 is 1.12 bits per heavy atom. The van der Waals surface area contributed by atoms with Crippen molar-refractivity contribution in [3.63, 3.8) is 0 Å². The monoisotopic (exact) mass is 750 g/mol. The van der Waals surface area contributed by atoms with Gasteiger partial charge in [-0.25, -0.2) is 0 Å². The van der Waals surface area contributed by atoms with Gasteiger partial charge in [0.15, 0.2) is 0 Å².